The summed E-state index contributed by atoms with van der Waals surface area (Å²) in [7, 11) is 0. The third-order valence-electron chi connectivity index (χ3n) is 3.40. The lowest BCUT2D eigenvalue weighted by atomic mass is 10.0. The zero-order valence-electron chi connectivity index (χ0n) is 11.8. The maximum absolute atomic E-state index is 12.3. The summed E-state index contributed by atoms with van der Waals surface area (Å²) in [6.45, 7) is 3.66. The molecule has 1 aromatic rings. The Morgan fingerprint density at radius 2 is 2.05 bits per heavy atom. The van der Waals surface area contributed by atoms with Gasteiger partial charge in [0.05, 0.1) is 12.1 Å². The van der Waals surface area contributed by atoms with Crippen LogP contribution in [-0.4, -0.2) is 35.6 Å². The average molecular weight is 276 g/mol. The third-order valence-corrected chi connectivity index (χ3v) is 3.40. The summed E-state index contributed by atoms with van der Waals surface area (Å²) in [4.78, 5) is 25.8. The van der Waals surface area contributed by atoms with Crippen LogP contribution < -0.4 is 10.2 Å². The number of carbonyl (C=O) groups excluding carboxylic acids is 2. The van der Waals surface area contributed by atoms with Crippen LogP contribution in [0.15, 0.2) is 24.3 Å². The number of aliphatic hydroxyl groups is 1. The lowest BCUT2D eigenvalue weighted by molar-refractivity contribution is -0.139. The predicted octanol–water partition coefficient (Wildman–Crippen LogP) is 0.853. The summed E-state index contributed by atoms with van der Waals surface area (Å²) in [6.07, 6.45) is 1.77. The molecule has 2 amide bonds. The molecule has 0 atom stereocenters. The molecule has 1 aliphatic rings. The molecule has 0 aliphatic carbocycles. The normalized spacial score (nSPS) is 14.7. The lowest BCUT2D eigenvalue weighted by Gasteiger charge is -2.30. The largest absolute Gasteiger partial charge is 0.394 e. The minimum atomic E-state index is -0.804. The highest BCUT2D eigenvalue weighted by atomic mass is 16.3. The Morgan fingerprint density at radius 3 is 2.75 bits per heavy atom. The summed E-state index contributed by atoms with van der Waals surface area (Å²) < 4.78 is 0. The van der Waals surface area contributed by atoms with Crippen molar-refractivity contribution in [2.75, 3.05) is 18.1 Å². The first-order valence-corrected chi connectivity index (χ1v) is 6.77. The Labute approximate surface area is 118 Å². The number of nitrogens with one attached hydrogen (secondary N) is 1. The van der Waals surface area contributed by atoms with Crippen LogP contribution in [0.5, 0.6) is 0 Å². The molecular weight excluding hydrogens is 256 g/mol. The van der Waals surface area contributed by atoms with E-state index in [0.717, 1.165) is 24.1 Å². The van der Waals surface area contributed by atoms with E-state index in [4.69, 9.17) is 5.11 Å². The van der Waals surface area contributed by atoms with Gasteiger partial charge in [-0.1, -0.05) is 18.2 Å². The van der Waals surface area contributed by atoms with Gasteiger partial charge >= 0.3 is 11.8 Å². The number of aliphatic hydroxyl groups excluding tert-OH is 1. The topological polar surface area (TPSA) is 69.6 Å². The maximum Gasteiger partial charge on any atom is 0.316 e. The molecule has 5 heteroatoms. The van der Waals surface area contributed by atoms with Crippen LogP contribution >= 0.6 is 0 Å². The molecule has 0 unspecified atom stereocenters. The molecule has 20 heavy (non-hydrogen) atoms. The van der Waals surface area contributed by atoms with Gasteiger partial charge < -0.3 is 15.3 Å². The zero-order chi connectivity index (χ0) is 14.8. The summed E-state index contributed by atoms with van der Waals surface area (Å²) in [5, 5.41) is 11.7. The molecule has 0 saturated carbocycles. The monoisotopic (exact) mass is 276 g/mol. The van der Waals surface area contributed by atoms with Crippen LogP contribution in [0.1, 0.15) is 25.8 Å². The van der Waals surface area contributed by atoms with Crippen molar-refractivity contribution in [1.82, 2.24) is 5.32 Å². The van der Waals surface area contributed by atoms with Crippen LogP contribution in [0.3, 0.4) is 0 Å². The molecule has 5 nitrogen and oxygen atoms in total. The quantitative estimate of drug-likeness (QED) is 0.787. The van der Waals surface area contributed by atoms with E-state index in [1.807, 2.05) is 24.3 Å². The first-order valence-electron chi connectivity index (χ1n) is 6.77. The fourth-order valence-corrected chi connectivity index (χ4v) is 2.27. The molecule has 2 rings (SSSR count). The van der Waals surface area contributed by atoms with Crippen molar-refractivity contribution in [3.63, 3.8) is 0 Å². The van der Waals surface area contributed by atoms with Gasteiger partial charge in [0.15, 0.2) is 0 Å². The van der Waals surface area contributed by atoms with Crippen molar-refractivity contribution in [3.8, 4) is 0 Å². The number of hydrogen-bond donors (Lipinski definition) is 2. The maximum atomic E-state index is 12.3. The van der Waals surface area contributed by atoms with Crippen LogP contribution in [0.25, 0.3) is 0 Å². The van der Waals surface area contributed by atoms with Gasteiger partial charge in [0.25, 0.3) is 0 Å². The molecule has 0 aromatic heterocycles. The van der Waals surface area contributed by atoms with Gasteiger partial charge in [0.1, 0.15) is 0 Å². The van der Waals surface area contributed by atoms with Gasteiger partial charge in [-0.2, -0.15) is 0 Å². The second-order valence-corrected chi connectivity index (χ2v) is 5.69. The van der Waals surface area contributed by atoms with Crippen molar-refractivity contribution >= 4 is 17.5 Å². The van der Waals surface area contributed by atoms with Gasteiger partial charge in [-0.25, -0.2) is 0 Å². The van der Waals surface area contributed by atoms with Crippen molar-refractivity contribution < 1.29 is 14.7 Å². The van der Waals surface area contributed by atoms with E-state index in [9.17, 15) is 9.59 Å². The van der Waals surface area contributed by atoms with Crippen LogP contribution in [0.2, 0.25) is 0 Å². The Morgan fingerprint density at radius 1 is 1.35 bits per heavy atom. The number of nitrogens with zero attached hydrogens (tertiary/aromatic N) is 1. The molecular formula is C15H20N2O3. The number of amides is 2. The Hall–Kier alpha value is -1.88. The molecule has 0 bridgehead atoms. The highest BCUT2D eigenvalue weighted by Gasteiger charge is 2.30. The van der Waals surface area contributed by atoms with E-state index in [1.54, 1.807) is 13.8 Å². The number of aryl methyl sites for hydroxylation is 1. The zero-order valence-corrected chi connectivity index (χ0v) is 11.8. The summed E-state index contributed by atoms with van der Waals surface area (Å²) >= 11 is 0. The number of rotatable bonds is 2. The van der Waals surface area contributed by atoms with Gasteiger partial charge in [-0.05, 0) is 38.3 Å². The first-order chi connectivity index (χ1) is 9.44. The minimum Gasteiger partial charge on any atom is -0.394 e. The predicted molar refractivity (Wildman–Crippen MR) is 76.4 cm³/mol. The van der Waals surface area contributed by atoms with Gasteiger partial charge in [0, 0.05) is 12.2 Å². The molecule has 1 aromatic carbocycles. The van der Waals surface area contributed by atoms with Crippen LogP contribution in [0, 0.1) is 0 Å². The highest BCUT2D eigenvalue weighted by molar-refractivity contribution is 6.40. The van der Waals surface area contributed by atoms with Crippen molar-refractivity contribution in [1.29, 1.82) is 0 Å². The number of carbonyl (C=O) groups is 2. The third kappa shape index (κ3) is 2.99. The molecule has 0 radical (unpaired) electrons. The Balaban J connectivity index is 2.17. The molecule has 0 saturated heterocycles. The second-order valence-electron chi connectivity index (χ2n) is 5.69. The smallest absolute Gasteiger partial charge is 0.316 e. The number of para-hydroxylation sites is 1. The molecule has 2 N–H and O–H groups in total. The highest BCUT2D eigenvalue weighted by Crippen LogP contribution is 2.26. The Kier molecular flexibility index (Phi) is 4.09. The molecule has 0 spiro atoms. The summed E-state index contributed by atoms with van der Waals surface area (Å²) in [5.74, 6) is -1.25. The van der Waals surface area contributed by atoms with E-state index >= 15 is 0 Å². The molecule has 108 valence electrons. The van der Waals surface area contributed by atoms with E-state index in [0.29, 0.717) is 6.54 Å². The van der Waals surface area contributed by atoms with Gasteiger partial charge in [-0.15, -0.1) is 0 Å². The fraction of sp³-hybridized carbons (Fsp3) is 0.467. The first kappa shape index (κ1) is 14.5. The minimum absolute atomic E-state index is 0.220. The number of hydrogen-bond acceptors (Lipinski definition) is 3. The van der Waals surface area contributed by atoms with E-state index in [1.165, 1.54) is 4.90 Å². The fourth-order valence-electron chi connectivity index (χ4n) is 2.27. The Bertz CT molecular complexity index is 526. The standard InChI is InChI=1S/C15H20N2O3/c1-15(2,10-18)16-13(19)14(20)17-9-5-7-11-6-3-4-8-12(11)17/h3-4,6,8,18H,5,7,9-10H2,1-2H3,(H,16,19). The lowest BCUT2D eigenvalue weighted by Crippen LogP contribution is -2.53. The van der Waals surface area contributed by atoms with Crippen molar-refractivity contribution in [2.45, 2.75) is 32.2 Å². The molecule has 1 heterocycles. The SMILES string of the molecule is CC(C)(CO)NC(=O)C(=O)N1CCCc2ccccc21. The van der Waals surface area contributed by atoms with E-state index in [-0.39, 0.29) is 6.61 Å². The number of fused-ring (bicyclic) bond motifs is 1. The van der Waals surface area contributed by atoms with Crippen molar-refractivity contribution in [2.24, 2.45) is 0 Å². The van der Waals surface area contributed by atoms with Gasteiger partial charge in [-0.3, -0.25) is 9.59 Å². The van der Waals surface area contributed by atoms with Gasteiger partial charge in [0.2, 0.25) is 0 Å². The second kappa shape index (κ2) is 5.63. The number of benzene rings is 1. The van der Waals surface area contributed by atoms with Crippen LogP contribution in [-0.2, 0) is 16.0 Å². The van der Waals surface area contributed by atoms with Crippen molar-refractivity contribution in [3.05, 3.63) is 29.8 Å². The summed E-state index contributed by atoms with van der Waals surface area (Å²) in [6, 6.07) is 7.63. The van der Waals surface area contributed by atoms with E-state index in [2.05, 4.69) is 5.32 Å². The van der Waals surface area contributed by atoms with Crippen LogP contribution in [0.4, 0.5) is 5.69 Å². The number of anilines is 1. The average Bonchev–Trinajstić information content (AvgIpc) is 2.45. The summed E-state index contributed by atoms with van der Waals surface area (Å²) in [5.41, 5.74) is 1.09. The molecule has 1 aliphatic heterocycles. The molecule has 0 fully saturated rings. The van der Waals surface area contributed by atoms with E-state index < -0.39 is 17.4 Å².